The van der Waals surface area contributed by atoms with E-state index in [4.69, 9.17) is 0 Å². The minimum absolute atomic E-state index is 0.129. The van der Waals surface area contributed by atoms with Crippen LogP contribution in [0.3, 0.4) is 0 Å². The fourth-order valence-corrected chi connectivity index (χ4v) is 3.64. The summed E-state index contributed by atoms with van der Waals surface area (Å²) in [6, 6.07) is 9.74. The number of thiophene rings is 1. The molecule has 116 valence electrons. The number of benzene rings is 1. The molecule has 7 heteroatoms. The lowest BCUT2D eigenvalue weighted by Gasteiger charge is -2.01. The van der Waals surface area contributed by atoms with Crippen LogP contribution in [0.4, 0.5) is 0 Å². The van der Waals surface area contributed by atoms with E-state index in [-0.39, 0.29) is 11.2 Å². The van der Waals surface area contributed by atoms with Crippen LogP contribution in [0.2, 0.25) is 0 Å². The van der Waals surface area contributed by atoms with Crippen molar-refractivity contribution in [2.45, 2.75) is 13.5 Å². The third-order valence-electron chi connectivity index (χ3n) is 3.92. The molecule has 6 nitrogen and oxygen atoms in total. The molecule has 0 aliphatic heterocycles. The number of hydrogen-bond acceptors (Lipinski definition) is 4. The lowest BCUT2D eigenvalue weighted by molar-refractivity contribution is 0.656. The summed E-state index contributed by atoms with van der Waals surface area (Å²) in [7, 11) is 1.64. The molecule has 0 saturated carbocycles. The standard InChI is InChI=1S/C16H14N4O2S/c1-10-4-3-5-11(8-10)9-19-16(22)20-12-6-7-23-13(12)14(21)18(2)15(20)17-19/h3-8H,9H2,1-2H3. The van der Waals surface area contributed by atoms with Gasteiger partial charge in [-0.2, -0.15) is 0 Å². The summed E-state index contributed by atoms with van der Waals surface area (Å²) in [5, 5.41) is 6.18. The Balaban J connectivity index is 1.99. The zero-order valence-electron chi connectivity index (χ0n) is 12.7. The van der Waals surface area contributed by atoms with E-state index in [0.29, 0.717) is 22.5 Å². The van der Waals surface area contributed by atoms with Gasteiger partial charge >= 0.3 is 5.69 Å². The predicted octanol–water partition coefficient (Wildman–Crippen LogP) is 1.77. The molecule has 23 heavy (non-hydrogen) atoms. The Morgan fingerprint density at radius 3 is 2.83 bits per heavy atom. The third-order valence-corrected chi connectivity index (χ3v) is 4.81. The summed E-state index contributed by atoms with van der Waals surface area (Å²) < 4.78 is 4.90. The Morgan fingerprint density at radius 2 is 2.04 bits per heavy atom. The highest BCUT2D eigenvalue weighted by molar-refractivity contribution is 7.17. The zero-order valence-corrected chi connectivity index (χ0v) is 13.5. The van der Waals surface area contributed by atoms with E-state index in [1.807, 2.05) is 36.6 Å². The number of rotatable bonds is 2. The van der Waals surface area contributed by atoms with Crippen LogP contribution in [-0.4, -0.2) is 18.7 Å². The van der Waals surface area contributed by atoms with Crippen LogP contribution in [0.25, 0.3) is 16.0 Å². The maximum atomic E-state index is 12.7. The molecule has 3 heterocycles. The van der Waals surface area contributed by atoms with Crippen molar-refractivity contribution in [1.29, 1.82) is 0 Å². The average molecular weight is 326 g/mol. The first-order valence-corrected chi connectivity index (χ1v) is 8.05. The first-order chi connectivity index (χ1) is 11.1. The molecule has 1 aromatic carbocycles. The maximum absolute atomic E-state index is 12.7. The summed E-state index contributed by atoms with van der Waals surface area (Å²) >= 11 is 1.34. The molecule has 0 saturated heterocycles. The van der Waals surface area contributed by atoms with Crippen LogP contribution >= 0.6 is 11.3 Å². The highest BCUT2D eigenvalue weighted by Crippen LogP contribution is 2.16. The van der Waals surface area contributed by atoms with Crippen LogP contribution < -0.4 is 11.2 Å². The highest BCUT2D eigenvalue weighted by Gasteiger charge is 2.16. The van der Waals surface area contributed by atoms with Crippen LogP contribution in [0, 0.1) is 6.92 Å². The van der Waals surface area contributed by atoms with Crippen LogP contribution in [0.15, 0.2) is 45.3 Å². The van der Waals surface area contributed by atoms with E-state index in [1.54, 1.807) is 13.1 Å². The van der Waals surface area contributed by atoms with Crippen molar-refractivity contribution in [1.82, 2.24) is 18.7 Å². The normalized spacial score (nSPS) is 11.6. The second kappa shape index (κ2) is 4.92. The van der Waals surface area contributed by atoms with Gasteiger partial charge in [-0.1, -0.05) is 29.8 Å². The fraction of sp³-hybridized carbons (Fsp3) is 0.188. The molecule has 4 rings (SSSR count). The molecule has 0 aliphatic rings. The Hall–Kier alpha value is -2.67. The lowest BCUT2D eigenvalue weighted by Crippen LogP contribution is -2.24. The van der Waals surface area contributed by atoms with Crippen LogP contribution in [-0.2, 0) is 13.6 Å². The first kappa shape index (κ1) is 14.0. The second-order valence-electron chi connectivity index (χ2n) is 5.56. The van der Waals surface area contributed by atoms with Crippen molar-refractivity contribution >= 4 is 27.3 Å². The summed E-state index contributed by atoms with van der Waals surface area (Å²) in [6.45, 7) is 2.39. The molecular weight excluding hydrogens is 312 g/mol. The van der Waals surface area contributed by atoms with Crippen molar-refractivity contribution in [3.63, 3.8) is 0 Å². The van der Waals surface area contributed by atoms with Crippen molar-refractivity contribution < 1.29 is 0 Å². The first-order valence-electron chi connectivity index (χ1n) is 7.17. The molecule has 0 atom stereocenters. The van der Waals surface area contributed by atoms with Gasteiger partial charge in [-0.05, 0) is 23.9 Å². The highest BCUT2D eigenvalue weighted by atomic mass is 32.1. The van der Waals surface area contributed by atoms with E-state index in [2.05, 4.69) is 5.10 Å². The smallest absolute Gasteiger partial charge is 0.279 e. The molecule has 4 aromatic rings. The number of aromatic nitrogens is 4. The van der Waals surface area contributed by atoms with E-state index in [1.165, 1.54) is 25.0 Å². The SMILES string of the molecule is Cc1cccc(Cn2nc3n(C)c(=O)c4sccc4n3c2=O)c1. The molecule has 0 N–H and O–H groups in total. The van der Waals surface area contributed by atoms with Gasteiger partial charge in [0.05, 0.1) is 12.1 Å². The number of aryl methyl sites for hydroxylation is 2. The van der Waals surface area contributed by atoms with E-state index in [0.717, 1.165) is 11.1 Å². The van der Waals surface area contributed by atoms with Crippen LogP contribution in [0.1, 0.15) is 11.1 Å². The molecule has 0 bridgehead atoms. The Morgan fingerprint density at radius 1 is 1.22 bits per heavy atom. The summed E-state index contributed by atoms with van der Waals surface area (Å²) in [5.41, 5.74) is 2.39. The maximum Gasteiger partial charge on any atom is 0.352 e. The van der Waals surface area contributed by atoms with Gasteiger partial charge in [0.1, 0.15) is 4.70 Å². The second-order valence-corrected chi connectivity index (χ2v) is 6.48. The number of fused-ring (bicyclic) bond motifs is 3. The van der Waals surface area contributed by atoms with Crippen LogP contribution in [0.5, 0.6) is 0 Å². The minimum atomic E-state index is -0.236. The Labute approximate surface area is 134 Å². The number of hydrogen-bond donors (Lipinski definition) is 0. The van der Waals surface area contributed by atoms with E-state index >= 15 is 0 Å². The molecule has 0 aliphatic carbocycles. The van der Waals surface area contributed by atoms with Crippen molar-refractivity contribution in [3.05, 3.63) is 67.7 Å². The van der Waals surface area contributed by atoms with Gasteiger partial charge in [0.15, 0.2) is 0 Å². The average Bonchev–Trinajstić information content (AvgIpc) is 3.11. The van der Waals surface area contributed by atoms with E-state index < -0.39 is 0 Å². The fourth-order valence-electron chi connectivity index (χ4n) is 2.79. The summed E-state index contributed by atoms with van der Waals surface area (Å²) in [4.78, 5) is 25.1. The molecule has 0 spiro atoms. The molecule has 0 radical (unpaired) electrons. The van der Waals surface area contributed by atoms with Gasteiger partial charge in [-0.3, -0.25) is 9.36 Å². The molecule has 0 amide bonds. The predicted molar refractivity (Wildman–Crippen MR) is 90.4 cm³/mol. The topological polar surface area (TPSA) is 61.3 Å². The monoisotopic (exact) mass is 326 g/mol. The van der Waals surface area contributed by atoms with Gasteiger partial charge in [-0.25, -0.2) is 13.9 Å². The van der Waals surface area contributed by atoms with Gasteiger partial charge < -0.3 is 0 Å². The molecule has 0 unspecified atom stereocenters. The molecule has 0 fully saturated rings. The third kappa shape index (κ3) is 2.04. The van der Waals surface area contributed by atoms with Gasteiger partial charge in [-0.15, -0.1) is 16.4 Å². The van der Waals surface area contributed by atoms with E-state index in [9.17, 15) is 9.59 Å². The molecule has 3 aromatic heterocycles. The van der Waals surface area contributed by atoms with Gasteiger partial charge in [0.25, 0.3) is 5.56 Å². The van der Waals surface area contributed by atoms with Gasteiger partial charge in [0, 0.05) is 7.05 Å². The van der Waals surface area contributed by atoms with Crippen molar-refractivity contribution in [3.8, 4) is 0 Å². The summed E-state index contributed by atoms with van der Waals surface area (Å²) in [5.74, 6) is 0.360. The minimum Gasteiger partial charge on any atom is -0.279 e. The Kier molecular flexibility index (Phi) is 2.99. The van der Waals surface area contributed by atoms with Crippen molar-refractivity contribution in [2.24, 2.45) is 7.05 Å². The summed E-state index contributed by atoms with van der Waals surface area (Å²) in [6.07, 6.45) is 0. The largest absolute Gasteiger partial charge is 0.352 e. The van der Waals surface area contributed by atoms with Crippen molar-refractivity contribution in [2.75, 3.05) is 0 Å². The lowest BCUT2D eigenvalue weighted by atomic mass is 10.1. The zero-order chi connectivity index (χ0) is 16.1. The number of nitrogens with zero attached hydrogens (tertiary/aromatic N) is 4. The Bertz CT molecular complexity index is 1160. The van der Waals surface area contributed by atoms with Gasteiger partial charge in [0.2, 0.25) is 5.78 Å². The molecular formula is C16H14N4O2S. The quantitative estimate of drug-likeness (QED) is 0.564.